The predicted molar refractivity (Wildman–Crippen MR) is 101 cm³/mol. The number of nitrogens with one attached hydrogen (secondary N) is 2. The molecule has 2 aromatic carbocycles. The maximum Gasteiger partial charge on any atom is 0.335 e. The number of hydrogen-bond acceptors (Lipinski definition) is 5. The first-order valence-corrected chi connectivity index (χ1v) is 7.55. The van der Waals surface area contributed by atoms with Gasteiger partial charge in [0.05, 0.1) is 22.5 Å². The summed E-state index contributed by atoms with van der Waals surface area (Å²) in [7, 11) is 0. The highest BCUT2D eigenvalue weighted by Crippen LogP contribution is 2.26. The van der Waals surface area contributed by atoms with Crippen LogP contribution in [0, 0.1) is 5.82 Å². The molecule has 3 N–H and O–H groups in total. The molecule has 6 nitrogen and oxygen atoms in total. The van der Waals surface area contributed by atoms with Gasteiger partial charge in [-0.3, -0.25) is 0 Å². The number of halogens is 3. The van der Waals surface area contributed by atoms with Crippen molar-refractivity contribution in [1.29, 1.82) is 0 Å². The number of hydrogen-bond donors (Lipinski definition) is 3. The zero-order valence-electron chi connectivity index (χ0n) is 13.1. The lowest BCUT2D eigenvalue weighted by Crippen LogP contribution is -2.04. The van der Waals surface area contributed by atoms with Crippen molar-refractivity contribution in [2.24, 2.45) is 0 Å². The Morgan fingerprint density at radius 1 is 1.12 bits per heavy atom. The fourth-order valence-corrected chi connectivity index (χ4v) is 2.25. The first kappa shape index (κ1) is 19.4. The first-order chi connectivity index (χ1) is 12.0. The molecule has 9 heteroatoms. The van der Waals surface area contributed by atoms with E-state index in [1.807, 2.05) is 0 Å². The zero-order valence-corrected chi connectivity index (χ0v) is 14.7. The molecule has 0 bridgehead atoms. The van der Waals surface area contributed by atoms with Crippen LogP contribution in [0.2, 0.25) is 5.02 Å². The van der Waals surface area contributed by atoms with Gasteiger partial charge in [0.2, 0.25) is 5.95 Å². The summed E-state index contributed by atoms with van der Waals surface area (Å²) in [5, 5.41) is 15.1. The topological polar surface area (TPSA) is 87.1 Å². The molecular formula is C17H13Cl2FN4O2. The molecule has 0 fully saturated rings. The Balaban J connectivity index is 0.00000243. The highest BCUT2D eigenvalue weighted by molar-refractivity contribution is 6.33. The van der Waals surface area contributed by atoms with Crippen LogP contribution in [0.15, 0.2) is 54.7 Å². The van der Waals surface area contributed by atoms with Gasteiger partial charge in [0.15, 0.2) is 11.6 Å². The van der Waals surface area contributed by atoms with Crippen molar-refractivity contribution in [1.82, 2.24) is 9.97 Å². The van der Waals surface area contributed by atoms with Crippen molar-refractivity contribution in [2.75, 3.05) is 10.6 Å². The molecule has 134 valence electrons. The summed E-state index contributed by atoms with van der Waals surface area (Å²) >= 11 is 6.04. The molecule has 3 rings (SSSR count). The van der Waals surface area contributed by atoms with Crippen molar-refractivity contribution in [3.8, 4) is 0 Å². The molecule has 0 saturated heterocycles. The number of aromatic nitrogens is 2. The Hall–Kier alpha value is -2.90. The third kappa shape index (κ3) is 4.59. The molecule has 0 aliphatic carbocycles. The molecule has 0 unspecified atom stereocenters. The summed E-state index contributed by atoms with van der Waals surface area (Å²) in [5.74, 6) is -1.65. The van der Waals surface area contributed by atoms with Gasteiger partial charge < -0.3 is 15.7 Å². The number of para-hydroxylation sites is 1. The smallest absolute Gasteiger partial charge is 0.335 e. The van der Waals surface area contributed by atoms with Crippen molar-refractivity contribution >= 4 is 53.1 Å². The molecule has 0 aliphatic heterocycles. The first-order valence-electron chi connectivity index (χ1n) is 7.17. The third-order valence-electron chi connectivity index (χ3n) is 3.24. The van der Waals surface area contributed by atoms with Crippen LogP contribution in [0.25, 0.3) is 0 Å². The Kier molecular flexibility index (Phi) is 6.32. The number of carbonyl (C=O) groups is 1. The number of anilines is 4. The Labute approximate surface area is 159 Å². The van der Waals surface area contributed by atoms with Gasteiger partial charge in [-0.2, -0.15) is 4.98 Å². The lowest BCUT2D eigenvalue weighted by Gasteiger charge is -2.10. The SMILES string of the molecule is Cl.O=C(O)c1cccc(Nc2ncc(F)c(Nc3ccccc3Cl)n2)c1. The van der Waals surface area contributed by atoms with Crippen LogP contribution in [0.3, 0.4) is 0 Å². The number of carboxylic acids is 1. The number of aromatic carboxylic acids is 1. The van der Waals surface area contributed by atoms with Crippen molar-refractivity contribution in [3.05, 3.63) is 71.1 Å². The molecule has 26 heavy (non-hydrogen) atoms. The van der Waals surface area contributed by atoms with Gasteiger partial charge in [-0.05, 0) is 30.3 Å². The van der Waals surface area contributed by atoms with Gasteiger partial charge >= 0.3 is 5.97 Å². The maximum absolute atomic E-state index is 14.0. The van der Waals surface area contributed by atoms with Gasteiger partial charge in [0.25, 0.3) is 0 Å². The molecular weight excluding hydrogens is 382 g/mol. The average Bonchev–Trinajstić information content (AvgIpc) is 2.60. The van der Waals surface area contributed by atoms with E-state index in [1.54, 1.807) is 36.4 Å². The zero-order chi connectivity index (χ0) is 17.8. The van der Waals surface area contributed by atoms with Gasteiger partial charge in [-0.1, -0.05) is 29.8 Å². The summed E-state index contributed by atoms with van der Waals surface area (Å²) in [6.07, 6.45) is 1.01. The summed E-state index contributed by atoms with van der Waals surface area (Å²) in [6.45, 7) is 0. The predicted octanol–water partition coefficient (Wildman–Crippen LogP) is 4.88. The normalized spacial score (nSPS) is 9.92. The van der Waals surface area contributed by atoms with Crippen LogP contribution >= 0.6 is 24.0 Å². The van der Waals surface area contributed by atoms with Crippen LogP contribution in [0.4, 0.5) is 27.5 Å². The third-order valence-corrected chi connectivity index (χ3v) is 3.57. The molecule has 1 aromatic heterocycles. The fraction of sp³-hybridized carbons (Fsp3) is 0. The van der Waals surface area contributed by atoms with Crippen LogP contribution in [0.5, 0.6) is 0 Å². The van der Waals surface area contributed by atoms with E-state index >= 15 is 0 Å². The van der Waals surface area contributed by atoms with Gasteiger partial charge in [-0.25, -0.2) is 14.2 Å². The van der Waals surface area contributed by atoms with E-state index in [4.69, 9.17) is 16.7 Å². The summed E-state index contributed by atoms with van der Waals surface area (Å²) in [4.78, 5) is 18.9. The van der Waals surface area contributed by atoms with E-state index < -0.39 is 11.8 Å². The number of benzene rings is 2. The van der Waals surface area contributed by atoms with E-state index in [2.05, 4.69) is 20.6 Å². The lowest BCUT2D eigenvalue weighted by atomic mass is 10.2. The maximum atomic E-state index is 14.0. The highest BCUT2D eigenvalue weighted by atomic mass is 35.5. The Bertz CT molecular complexity index is 940. The Morgan fingerprint density at radius 3 is 2.62 bits per heavy atom. The molecule has 3 aromatic rings. The monoisotopic (exact) mass is 394 g/mol. The average molecular weight is 395 g/mol. The molecule has 0 aliphatic rings. The molecule has 0 spiro atoms. The molecule has 1 heterocycles. The molecule has 0 saturated carbocycles. The minimum atomic E-state index is -1.05. The quantitative estimate of drug-likeness (QED) is 0.571. The second-order valence-corrected chi connectivity index (χ2v) is 5.41. The summed E-state index contributed by atoms with van der Waals surface area (Å²) in [5.41, 5.74) is 1.08. The van der Waals surface area contributed by atoms with E-state index in [9.17, 15) is 9.18 Å². The second-order valence-electron chi connectivity index (χ2n) is 5.01. The van der Waals surface area contributed by atoms with E-state index in [0.717, 1.165) is 6.20 Å². The fourth-order valence-electron chi connectivity index (χ4n) is 2.06. The summed E-state index contributed by atoms with van der Waals surface area (Å²) < 4.78 is 14.0. The van der Waals surface area contributed by atoms with Gasteiger partial charge in [0.1, 0.15) is 0 Å². The lowest BCUT2D eigenvalue weighted by molar-refractivity contribution is 0.0697. The molecule has 0 amide bonds. The van der Waals surface area contributed by atoms with Gasteiger partial charge in [-0.15, -0.1) is 12.4 Å². The number of rotatable bonds is 5. The van der Waals surface area contributed by atoms with Gasteiger partial charge in [0, 0.05) is 5.69 Å². The number of nitrogens with zero attached hydrogens (tertiary/aromatic N) is 2. The van der Waals surface area contributed by atoms with Crippen LogP contribution in [-0.4, -0.2) is 21.0 Å². The van der Waals surface area contributed by atoms with Crippen molar-refractivity contribution < 1.29 is 14.3 Å². The van der Waals surface area contributed by atoms with Crippen LogP contribution < -0.4 is 10.6 Å². The minimum Gasteiger partial charge on any atom is -0.478 e. The number of carboxylic acid groups (broad SMARTS) is 1. The van der Waals surface area contributed by atoms with Crippen LogP contribution in [-0.2, 0) is 0 Å². The Morgan fingerprint density at radius 2 is 1.88 bits per heavy atom. The van der Waals surface area contributed by atoms with Crippen LogP contribution in [0.1, 0.15) is 10.4 Å². The standard InChI is InChI=1S/C17H12ClFN4O2.ClH/c18-12-6-1-2-7-14(12)22-15-13(19)9-20-17(23-15)21-11-5-3-4-10(8-11)16(24)25;/h1-9H,(H,24,25)(H2,20,21,22,23);1H. The van der Waals surface area contributed by atoms with E-state index in [-0.39, 0.29) is 29.7 Å². The molecule has 0 atom stereocenters. The van der Waals surface area contributed by atoms with E-state index in [1.165, 1.54) is 12.1 Å². The summed E-state index contributed by atoms with van der Waals surface area (Å²) in [6, 6.07) is 13.0. The second kappa shape index (κ2) is 8.46. The largest absolute Gasteiger partial charge is 0.478 e. The minimum absolute atomic E-state index is 0. The van der Waals surface area contributed by atoms with E-state index in [0.29, 0.717) is 16.4 Å². The highest BCUT2D eigenvalue weighted by Gasteiger charge is 2.10. The van der Waals surface area contributed by atoms with Crippen molar-refractivity contribution in [2.45, 2.75) is 0 Å². The van der Waals surface area contributed by atoms with Crippen molar-refractivity contribution in [3.63, 3.8) is 0 Å². The molecule has 0 radical (unpaired) electrons.